The van der Waals surface area contributed by atoms with E-state index in [4.69, 9.17) is 0 Å². The number of amides is 1. The first-order chi connectivity index (χ1) is 8.58. The topological polar surface area (TPSA) is 46.2 Å². The minimum absolute atomic E-state index is 0.0290. The third kappa shape index (κ3) is 2.96. The lowest BCUT2D eigenvalue weighted by molar-refractivity contribution is -0.120. The number of halogens is 2. The Hall–Kier alpha value is -1.23. The maximum absolute atomic E-state index is 13.7. The van der Waals surface area contributed by atoms with Gasteiger partial charge in [-0.3, -0.25) is 9.59 Å². The highest BCUT2D eigenvalue weighted by atomic mass is 79.9. The van der Waals surface area contributed by atoms with E-state index in [-0.39, 0.29) is 21.9 Å². The van der Waals surface area contributed by atoms with Gasteiger partial charge in [-0.15, -0.1) is 0 Å². The highest BCUT2D eigenvalue weighted by molar-refractivity contribution is 9.10. The van der Waals surface area contributed by atoms with Crippen LogP contribution in [0.3, 0.4) is 0 Å². The van der Waals surface area contributed by atoms with E-state index in [9.17, 15) is 14.0 Å². The van der Waals surface area contributed by atoms with Gasteiger partial charge in [0.05, 0.1) is 10.0 Å². The Balaban J connectivity index is 2.03. The Morgan fingerprint density at radius 2 is 2.00 bits per heavy atom. The molecule has 0 saturated heterocycles. The number of nitrogens with one attached hydrogen (secondary N) is 1. The predicted molar refractivity (Wildman–Crippen MR) is 68.8 cm³/mol. The molecule has 0 aliphatic heterocycles. The fourth-order valence-corrected chi connectivity index (χ4v) is 2.39. The molecule has 0 atom stereocenters. The second kappa shape index (κ2) is 5.61. The smallest absolute Gasteiger partial charge is 0.254 e. The largest absolute Gasteiger partial charge is 0.349 e. The van der Waals surface area contributed by atoms with Crippen LogP contribution in [0.5, 0.6) is 0 Å². The molecule has 0 bridgehead atoms. The molecule has 0 aromatic heterocycles. The average molecular weight is 314 g/mol. The van der Waals surface area contributed by atoms with Crippen molar-refractivity contribution in [2.75, 3.05) is 0 Å². The summed E-state index contributed by atoms with van der Waals surface area (Å²) >= 11 is 3.05. The van der Waals surface area contributed by atoms with Crippen molar-refractivity contribution in [3.8, 4) is 0 Å². The van der Waals surface area contributed by atoms with Gasteiger partial charge in [-0.1, -0.05) is 6.07 Å². The van der Waals surface area contributed by atoms with Crippen molar-refractivity contribution in [1.29, 1.82) is 0 Å². The van der Waals surface area contributed by atoms with Gasteiger partial charge in [0.15, 0.2) is 0 Å². The number of benzene rings is 1. The van der Waals surface area contributed by atoms with Crippen LogP contribution < -0.4 is 5.32 Å². The highest BCUT2D eigenvalue weighted by Gasteiger charge is 2.22. The fraction of sp³-hybridized carbons (Fsp3) is 0.385. The summed E-state index contributed by atoms with van der Waals surface area (Å²) in [5.41, 5.74) is 0.0290. The molecule has 5 heteroatoms. The maximum Gasteiger partial charge on any atom is 0.254 e. The van der Waals surface area contributed by atoms with Crippen LogP contribution in [-0.2, 0) is 4.79 Å². The van der Waals surface area contributed by atoms with Crippen molar-refractivity contribution >= 4 is 27.6 Å². The van der Waals surface area contributed by atoms with Crippen LogP contribution >= 0.6 is 15.9 Å². The first-order valence-corrected chi connectivity index (χ1v) is 6.64. The molecule has 0 unspecified atom stereocenters. The number of Topliss-reactive ketones (excluding diaryl/α,β-unsaturated/α-hetero) is 1. The number of hydrogen-bond donors (Lipinski definition) is 1. The summed E-state index contributed by atoms with van der Waals surface area (Å²) in [6.45, 7) is 0. The second-order valence-electron chi connectivity index (χ2n) is 4.39. The van der Waals surface area contributed by atoms with E-state index in [0.29, 0.717) is 25.7 Å². The van der Waals surface area contributed by atoms with E-state index in [1.54, 1.807) is 12.1 Å². The van der Waals surface area contributed by atoms with Crippen molar-refractivity contribution in [2.45, 2.75) is 31.7 Å². The van der Waals surface area contributed by atoms with Crippen LogP contribution in [0.2, 0.25) is 0 Å². The van der Waals surface area contributed by atoms with Gasteiger partial charge in [0.25, 0.3) is 5.91 Å². The van der Waals surface area contributed by atoms with E-state index in [1.165, 1.54) is 6.07 Å². The summed E-state index contributed by atoms with van der Waals surface area (Å²) in [4.78, 5) is 23.0. The minimum atomic E-state index is -0.554. The third-order valence-electron chi connectivity index (χ3n) is 3.07. The van der Waals surface area contributed by atoms with Crippen LogP contribution in [0.1, 0.15) is 36.0 Å². The van der Waals surface area contributed by atoms with Gasteiger partial charge in [-0.05, 0) is 40.9 Å². The molecule has 96 valence electrons. The predicted octanol–water partition coefficient (Wildman–Crippen LogP) is 2.83. The van der Waals surface area contributed by atoms with Gasteiger partial charge in [0.1, 0.15) is 11.6 Å². The van der Waals surface area contributed by atoms with Gasteiger partial charge in [0, 0.05) is 18.9 Å². The van der Waals surface area contributed by atoms with Crippen LogP contribution in [0, 0.1) is 5.82 Å². The lowest BCUT2D eigenvalue weighted by Crippen LogP contribution is -2.38. The fourth-order valence-electron chi connectivity index (χ4n) is 2.03. The lowest BCUT2D eigenvalue weighted by Gasteiger charge is -2.22. The molecule has 1 aliphatic carbocycles. The van der Waals surface area contributed by atoms with E-state index in [2.05, 4.69) is 21.2 Å². The first-order valence-electron chi connectivity index (χ1n) is 5.84. The first kappa shape index (κ1) is 13.2. The molecule has 18 heavy (non-hydrogen) atoms. The summed E-state index contributed by atoms with van der Waals surface area (Å²) < 4.78 is 14.0. The standard InChI is InChI=1S/C13H13BrFNO2/c14-11-3-1-2-10(12(11)15)13(18)16-8-4-6-9(17)7-5-8/h1-3,8H,4-7H2,(H,16,18). The van der Waals surface area contributed by atoms with E-state index >= 15 is 0 Å². The number of hydrogen-bond acceptors (Lipinski definition) is 2. The molecule has 1 aromatic rings. The summed E-state index contributed by atoms with van der Waals surface area (Å²) in [7, 11) is 0. The molecule has 3 nitrogen and oxygen atoms in total. The molecular formula is C13H13BrFNO2. The zero-order valence-corrected chi connectivity index (χ0v) is 11.3. The molecule has 2 rings (SSSR count). The van der Waals surface area contributed by atoms with E-state index in [0.717, 1.165) is 0 Å². The molecule has 0 heterocycles. The Morgan fingerprint density at radius 1 is 1.33 bits per heavy atom. The van der Waals surface area contributed by atoms with Crippen LogP contribution in [0.15, 0.2) is 22.7 Å². The quantitative estimate of drug-likeness (QED) is 0.912. The molecule has 1 saturated carbocycles. The van der Waals surface area contributed by atoms with Crippen molar-refractivity contribution in [1.82, 2.24) is 5.32 Å². The van der Waals surface area contributed by atoms with E-state index < -0.39 is 11.7 Å². The number of carbonyl (C=O) groups is 2. The van der Waals surface area contributed by atoms with Gasteiger partial charge >= 0.3 is 0 Å². The van der Waals surface area contributed by atoms with Crippen LogP contribution in [0.25, 0.3) is 0 Å². The maximum atomic E-state index is 13.7. The van der Waals surface area contributed by atoms with Gasteiger partial charge in [-0.2, -0.15) is 0 Å². The summed E-state index contributed by atoms with van der Waals surface area (Å²) in [6.07, 6.45) is 2.26. The van der Waals surface area contributed by atoms with Gasteiger partial charge in [-0.25, -0.2) is 4.39 Å². The normalized spacial score (nSPS) is 16.7. The van der Waals surface area contributed by atoms with Gasteiger partial charge in [0.2, 0.25) is 0 Å². The molecule has 1 fully saturated rings. The number of carbonyl (C=O) groups excluding carboxylic acids is 2. The average Bonchev–Trinajstić information content (AvgIpc) is 2.35. The van der Waals surface area contributed by atoms with E-state index in [1.807, 2.05) is 0 Å². The highest BCUT2D eigenvalue weighted by Crippen LogP contribution is 2.20. The zero-order chi connectivity index (χ0) is 13.1. The van der Waals surface area contributed by atoms with Crippen molar-refractivity contribution < 1.29 is 14.0 Å². The minimum Gasteiger partial charge on any atom is -0.349 e. The molecular weight excluding hydrogens is 301 g/mol. The summed E-state index contributed by atoms with van der Waals surface area (Å²) in [6, 6.07) is 4.58. The van der Waals surface area contributed by atoms with Crippen molar-refractivity contribution in [2.24, 2.45) is 0 Å². The van der Waals surface area contributed by atoms with Crippen LogP contribution in [-0.4, -0.2) is 17.7 Å². The summed E-state index contributed by atoms with van der Waals surface area (Å²) in [5.74, 6) is -0.746. The SMILES string of the molecule is O=C1CCC(NC(=O)c2cccc(Br)c2F)CC1. The van der Waals surface area contributed by atoms with Crippen molar-refractivity contribution in [3.63, 3.8) is 0 Å². The number of rotatable bonds is 2. The lowest BCUT2D eigenvalue weighted by atomic mass is 9.94. The van der Waals surface area contributed by atoms with Crippen LogP contribution in [0.4, 0.5) is 4.39 Å². The third-order valence-corrected chi connectivity index (χ3v) is 3.69. The Morgan fingerprint density at radius 3 is 2.67 bits per heavy atom. The molecule has 0 spiro atoms. The Bertz CT molecular complexity index is 480. The Labute approximate surface area is 113 Å². The van der Waals surface area contributed by atoms with Crippen molar-refractivity contribution in [3.05, 3.63) is 34.1 Å². The molecule has 1 aliphatic rings. The Kier molecular flexibility index (Phi) is 4.11. The summed E-state index contributed by atoms with van der Waals surface area (Å²) in [5, 5.41) is 2.77. The monoisotopic (exact) mass is 313 g/mol. The molecule has 1 N–H and O–H groups in total. The molecule has 0 radical (unpaired) electrons. The molecule has 1 aromatic carbocycles. The second-order valence-corrected chi connectivity index (χ2v) is 5.24. The van der Waals surface area contributed by atoms with Gasteiger partial charge < -0.3 is 5.32 Å². The molecule has 1 amide bonds. The zero-order valence-electron chi connectivity index (χ0n) is 9.71. The number of ketones is 1.